The first-order valence-electron chi connectivity index (χ1n) is 7.66. The maximum absolute atomic E-state index is 13.9. The molecule has 1 N–H and O–H groups in total. The molecule has 2 rings (SSSR count). The maximum Gasteiger partial charge on any atom is 0.272 e. The van der Waals surface area contributed by atoms with Crippen molar-refractivity contribution in [2.45, 2.75) is 52.0 Å². The van der Waals surface area contributed by atoms with E-state index in [0.29, 0.717) is 17.5 Å². The van der Waals surface area contributed by atoms with E-state index in [2.05, 4.69) is 19.2 Å². The van der Waals surface area contributed by atoms with Crippen molar-refractivity contribution in [2.75, 3.05) is 5.32 Å². The van der Waals surface area contributed by atoms with Crippen LogP contribution >= 0.6 is 0 Å². The van der Waals surface area contributed by atoms with Crippen LogP contribution in [0.2, 0.25) is 0 Å². The van der Waals surface area contributed by atoms with E-state index >= 15 is 0 Å². The number of anilines is 1. The Kier molecular flexibility index (Phi) is 5.15. The normalized spacial score (nSPS) is 22.3. The second kappa shape index (κ2) is 6.87. The van der Waals surface area contributed by atoms with E-state index in [1.165, 1.54) is 25.0 Å². The lowest BCUT2D eigenvalue weighted by Gasteiger charge is -2.31. The van der Waals surface area contributed by atoms with E-state index in [9.17, 15) is 14.5 Å². The summed E-state index contributed by atoms with van der Waals surface area (Å²) in [5, 5.41) is 13.8. The number of nitrogens with one attached hydrogen (secondary N) is 1. The fraction of sp³-hybridized carbons (Fsp3) is 0.625. The number of nitro benzene ring substituents is 1. The zero-order chi connectivity index (χ0) is 15.4. The van der Waals surface area contributed by atoms with Crippen molar-refractivity contribution >= 4 is 11.4 Å². The molecular weight excluding hydrogens is 271 g/mol. The van der Waals surface area contributed by atoms with Crippen LogP contribution in [0.25, 0.3) is 0 Å². The predicted octanol–water partition coefficient (Wildman–Crippen LogP) is 4.75. The Balaban J connectivity index is 1.99. The zero-order valence-electron chi connectivity index (χ0n) is 12.6. The molecule has 0 aliphatic heterocycles. The minimum Gasteiger partial charge on any atom is -0.380 e. The summed E-state index contributed by atoms with van der Waals surface area (Å²) in [4.78, 5) is 10.0. The molecular formula is C16H23FN2O2. The van der Waals surface area contributed by atoms with E-state index in [0.717, 1.165) is 25.3 Å². The summed E-state index contributed by atoms with van der Waals surface area (Å²) >= 11 is 0. The number of rotatable bonds is 5. The van der Waals surface area contributed by atoms with Gasteiger partial charge in [0.1, 0.15) is 0 Å². The fourth-order valence-corrected chi connectivity index (χ4v) is 3.26. The Bertz CT molecular complexity index is 505. The van der Waals surface area contributed by atoms with Gasteiger partial charge in [-0.2, -0.15) is 0 Å². The van der Waals surface area contributed by atoms with E-state index < -0.39 is 10.7 Å². The van der Waals surface area contributed by atoms with Gasteiger partial charge in [0.2, 0.25) is 0 Å². The molecule has 0 heterocycles. The molecule has 1 aliphatic carbocycles. The van der Waals surface area contributed by atoms with Gasteiger partial charge in [0.05, 0.1) is 16.7 Å². The third-order valence-corrected chi connectivity index (χ3v) is 4.11. The van der Waals surface area contributed by atoms with Crippen molar-refractivity contribution in [3.8, 4) is 0 Å². The van der Waals surface area contributed by atoms with E-state index in [4.69, 9.17) is 0 Å². The molecule has 2 atom stereocenters. The van der Waals surface area contributed by atoms with Crippen molar-refractivity contribution in [3.63, 3.8) is 0 Å². The predicted molar refractivity (Wildman–Crippen MR) is 81.9 cm³/mol. The summed E-state index contributed by atoms with van der Waals surface area (Å²) in [5.74, 6) is 0.831. The van der Waals surface area contributed by atoms with Gasteiger partial charge < -0.3 is 5.32 Å². The average Bonchev–Trinajstić information content (AvgIpc) is 2.40. The first kappa shape index (κ1) is 15.7. The van der Waals surface area contributed by atoms with Crippen molar-refractivity contribution in [2.24, 2.45) is 11.8 Å². The molecule has 1 aromatic rings. The van der Waals surface area contributed by atoms with Gasteiger partial charge >= 0.3 is 0 Å². The van der Waals surface area contributed by atoms with E-state index in [-0.39, 0.29) is 11.7 Å². The molecule has 1 aromatic carbocycles. The van der Waals surface area contributed by atoms with Crippen molar-refractivity contribution in [3.05, 3.63) is 34.1 Å². The molecule has 1 fully saturated rings. The highest BCUT2D eigenvalue weighted by atomic mass is 19.1. The van der Waals surface area contributed by atoms with Gasteiger partial charge in [-0.3, -0.25) is 10.1 Å². The average molecular weight is 294 g/mol. The summed E-state index contributed by atoms with van der Waals surface area (Å²) in [7, 11) is 0. The SMILES string of the molecule is CC(C)CC1CCCC(Nc2ccc([N+](=O)[O-])cc2F)C1. The summed E-state index contributed by atoms with van der Waals surface area (Å²) in [6.07, 6.45) is 5.70. The van der Waals surface area contributed by atoms with Crippen LogP contribution in [0.4, 0.5) is 15.8 Å². The highest BCUT2D eigenvalue weighted by molar-refractivity contribution is 5.50. The van der Waals surface area contributed by atoms with Crippen LogP contribution in [0, 0.1) is 27.8 Å². The number of hydrogen-bond donors (Lipinski definition) is 1. The first-order valence-corrected chi connectivity index (χ1v) is 7.66. The van der Waals surface area contributed by atoms with Crippen molar-refractivity contribution in [1.29, 1.82) is 0 Å². The van der Waals surface area contributed by atoms with Crippen LogP contribution in [-0.2, 0) is 0 Å². The Morgan fingerprint density at radius 1 is 1.43 bits per heavy atom. The quantitative estimate of drug-likeness (QED) is 0.629. The monoisotopic (exact) mass is 294 g/mol. The van der Waals surface area contributed by atoms with Crippen LogP contribution in [0.1, 0.15) is 46.0 Å². The fourth-order valence-electron chi connectivity index (χ4n) is 3.26. The van der Waals surface area contributed by atoms with Gasteiger partial charge in [0, 0.05) is 12.1 Å². The number of nitrogens with zero attached hydrogens (tertiary/aromatic N) is 1. The van der Waals surface area contributed by atoms with Gasteiger partial charge in [0.25, 0.3) is 5.69 Å². The van der Waals surface area contributed by atoms with Gasteiger partial charge in [-0.25, -0.2) is 4.39 Å². The highest BCUT2D eigenvalue weighted by Gasteiger charge is 2.23. The van der Waals surface area contributed by atoms with Crippen LogP contribution in [0.3, 0.4) is 0 Å². The summed E-state index contributed by atoms with van der Waals surface area (Å²) in [6.45, 7) is 4.46. The number of halogens is 1. The molecule has 2 unspecified atom stereocenters. The van der Waals surface area contributed by atoms with Crippen molar-refractivity contribution < 1.29 is 9.31 Å². The molecule has 0 radical (unpaired) electrons. The van der Waals surface area contributed by atoms with E-state index in [1.54, 1.807) is 0 Å². The number of nitro groups is 1. The third kappa shape index (κ3) is 4.41. The second-order valence-electron chi connectivity index (χ2n) is 6.42. The topological polar surface area (TPSA) is 55.2 Å². The Hall–Kier alpha value is -1.65. The number of hydrogen-bond acceptors (Lipinski definition) is 3. The molecule has 116 valence electrons. The molecule has 1 saturated carbocycles. The summed E-state index contributed by atoms with van der Waals surface area (Å²) < 4.78 is 13.9. The second-order valence-corrected chi connectivity index (χ2v) is 6.42. The lowest BCUT2D eigenvalue weighted by atomic mass is 9.81. The third-order valence-electron chi connectivity index (χ3n) is 4.11. The molecule has 5 heteroatoms. The van der Waals surface area contributed by atoms with Gasteiger partial charge in [0.15, 0.2) is 5.82 Å². The zero-order valence-corrected chi connectivity index (χ0v) is 12.6. The Labute approximate surface area is 124 Å². The van der Waals surface area contributed by atoms with Crippen molar-refractivity contribution in [1.82, 2.24) is 0 Å². The largest absolute Gasteiger partial charge is 0.380 e. The summed E-state index contributed by atoms with van der Waals surface area (Å²) in [6, 6.07) is 4.06. The van der Waals surface area contributed by atoms with Gasteiger partial charge in [-0.05, 0) is 37.2 Å². The Morgan fingerprint density at radius 2 is 2.19 bits per heavy atom. The van der Waals surface area contributed by atoms with Crippen LogP contribution in [-0.4, -0.2) is 11.0 Å². The maximum atomic E-state index is 13.9. The van der Waals surface area contributed by atoms with Gasteiger partial charge in [-0.15, -0.1) is 0 Å². The van der Waals surface area contributed by atoms with Crippen LogP contribution in [0.5, 0.6) is 0 Å². The Morgan fingerprint density at radius 3 is 2.81 bits per heavy atom. The van der Waals surface area contributed by atoms with Gasteiger partial charge in [-0.1, -0.05) is 26.7 Å². The molecule has 0 amide bonds. The summed E-state index contributed by atoms with van der Waals surface area (Å²) in [5.41, 5.74) is 0.162. The van der Waals surface area contributed by atoms with Crippen LogP contribution < -0.4 is 5.32 Å². The first-order chi connectivity index (χ1) is 9.95. The van der Waals surface area contributed by atoms with Crippen LogP contribution in [0.15, 0.2) is 18.2 Å². The molecule has 4 nitrogen and oxygen atoms in total. The molecule has 0 spiro atoms. The van der Waals surface area contributed by atoms with E-state index in [1.807, 2.05) is 0 Å². The molecule has 0 aromatic heterocycles. The molecule has 21 heavy (non-hydrogen) atoms. The lowest BCUT2D eigenvalue weighted by molar-refractivity contribution is -0.385. The molecule has 1 aliphatic rings. The number of non-ortho nitro benzene ring substituents is 1. The number of benzene rings is 1. The highest BCUT2D eigenvalue weighted by Crippen LogP contribution is 2.32. The minimum absolute atomic E-state index is 0.209. The molecule has 0 saturated heterocycles. The molecule has 0 bridgehead atoms. The smallest absolute Gasteiger partial charge is 0.272 e. The lowest BCUT2D eigenvalue weighted by Crippen LogP contribution is -2.28. The minimum atomic E-state index is -0.577. The standard InChI is InChI=1S/C16H23FN2O2/c1-11(2)8-12-4-3-5-13(9-12)18-16-7-6-14(19(20)21)10-15(16)17/h6-7,10-13,18H,3-5,8-9H2,1-2H3.